The number of nitrogens with two attached hydrogens (primary N) is 1. The molecule has 4 nitrogen and oxygen atoms in total. The van der Waals surface area contributed by atoms with E-state index in [1.807, 2.05) is 18.2 Å². The second kappa shape index (κ2) is 6.97. The number of nitriles is 1. The predicted molar refractivity (Wildman–Crippen MR) is 85.6 cm³/mol. The molecule has 2 N–H and O–H groups in total. The van der Waals surface area contributed by atoms with Crippen LogP contribution in [0.4, 0.5) is 0 Å². The number of hydrogen-bond donors (Lipinski definition) is 1. The van der Waals surface area contributed by atoms with Crippen LogP contribution in [0.2, 0.25) is 0 Å². The number of hydrogen-bond acceptors (Lipinski definition) is 3. The van der Waals surface area contributed by atoms with Crippen LogP contribution in [0.3, 0.4) is 0 Å². The molecule has 0 aliphatic rings. The summed E-state index contributed by atoms with van der Waals surface area (Å²) in [5.74, 6) is 0.688. The largest absolute Gasteiger partial charge is 0.403 e. The Kier molecular flexibility index (Phi) is 5.03. The van der Waals surface area contributed by atoms with Crippen molar-refractivity contribution >= 4 is 45.0 Å². The smallest absolute Gasteiger partial charge is 0.267 e. The summed E-state index contributed by atoms with van der Waals surface area (Å²) in [7, 11) is 0. The zero-order valence-electron chi connectivity index (χ0n) is 10.6. The molecule has 20 heavy (non-hydrogen) atoms. The van der Waals surface area contributed by atoms with Crippen LogP contribution in [-0.2, 0) is 12.2 Å². The minimum atomic E-state index is 0.375. The molecule has 100 valence electrons. The van der Waals surface area contributed by atoms with Gasteiger partial charge in [-0.15, -0.1) is 0 Å². The van der Waals surface area contributed by atoms with Gasteiger partial charge in [-0.2, -0.15) is 9.93 Å². The van der Waals surface area contributed by atoms with Crippen LogP contribution in [0.1, 0.15) is 11.1 Å². The first kappa shape index (κ1) is 14.4. The van der Waals surface area contributed by atoms with Gasteiger partial charge in [-0.25, -0.2) is 0 Å². The zero-order chi connectivity index (χ0) is 14.4. The summed E-state index contributed by atoms with van der Waals surface area (Å²) in [5.41, 5.74) is 8.96. The molecule has 0 aliphatic heterocycles. The molecule has 0 saturated heterocycles. The molecular weight excluding hydrogens is 292 g/mol. The quantitative estimate of drug-likeness (QED) is 0.535. The van der Waals surface area contributed by atoms with Crippen LogP contribution in [0.5, 0.6) is 0 Å². The van der Waals surface area contributed by atoms with Crippen LogP contribution < -0.4 is 10.4 Å². The highest BCUT2D eigenvalue weighted by molar-refractivity contribution is 8.13. The molecule has 0 atom stereocenters. The number of thioether (sulfide) groups is 1. The summed E-state index contributed by atoms with van der Waals surface area (Å²) < 4.78 is 3.81. The third kappa shape index (κ3) is 3.31. The lowest BCUT2D eigenvalue weighted by Gasteiger charge is -2.07. The van der Waals surface area contributed by atoms with E-state index < -0.39 is 0 Å². The van der Waals surface area contributed by atoms with E-state index in [1.165, 1.54) is 11.8 Å². The predicted octanol–water partition coefficient (Wildman–Crippen LogP) is 2.18. The van der Waals surface area contributed by atoms with Gasteiger partial charge in [-0.05, 0) is 45.9 Å². The van der Waals surface area contributed by atoms with Crippen molar-refractivity contribution in [3.8, 4) is 6.07 Å². The molecule has 0 fully saturated rings. The number of amidine groups is 1. The van der Waals surface area contributed by atoms with Gasteiger partial charge in [0.05, 0.1) is 12.5 Å². The fraction of sp³-hybridized carbons (Fsp3) is 0.143. The highest BCUT2D eigenvalue weighted by Gasteiger charge is 2.09. The van der Waals surface area contributed by atoms with Gasteiger partial charge >= 0.3 is 5.17 Å². The first-order chi connectivity index (χ1) is 9.76. The van der Waals surface area contributed by atoms with Gasteiger partial charge in [-0.1, -0.05) is 12.1 Å². The first-order valence-electron chi connectivity index (χ1n) is 5.85. The van der Waals surface area contributed by atoms with Crippen LogP contribution in [0.25, 0.3) is 10.8 Å². The standard InChI is InChI=1S/C14H11ClN4S/c15-9-19-14(17)20-8-11-2-1-10(3-5-16)13-7-18-6-4-12(11)13/h1-2,4,6-7,9,17H,3,8H2/p+1. The van der Waals surface area contributed by atoms with Crippen molar-refractivity contribution in [1.29, 1.82) is 5.26 Å². The average Bonchev–Trinajstić information content (AvgIpc) is 2.47. The zero-order valence-corrected chi connectivity index (χ0v) is 12.2. The summed E-state index contributed by atoms with van der Waals surface area (Å²) in [4.78, 5) is 4.13. The van der Waals surface area contributed by atoms with E-state index in [0.717, 1.165) is 27.6 Å². The molecule has 2 rings (SSSR count). The molecular formula is C14H12ClN4S+. The van der Waals surface area contributed by atoms with Crippen molar-refractivity contribution in [2.75, 3.05) is 0 Å². The van der Waals surface area contributed by atoms with E-state index in [2.05, 4.69) is 15.7 Å². The number of rotatable bonds is 3. The van der Waals surface area contributed by atoms with Gasteiger partial charge in [0.1, 0.15) is 0 Å². The Morgan fingerprint density at radius 3 is 2.95 bits per heavy atom. The van der Waals surface area contributed by atoms with Crippen molar-refractivity contribution < 1.29 is 0 Å². The number of pyridine rings is 1. The molecule has 1 aromatic carbocycles. The van der Waals surface area contributed by atoms with Crippen molar-refractivity contribution in [2.45, 2.75) is 12.2 Å². The minimum Gasteiger partial charge on any atom is -0.267 e. The summed E-state index contributed by atoms with van der Waals surface area (Å²) in [5, 5.41) is 11.4. The first-order valence-corrected chi connectivity index (χ1v) is 7.28. The highest BCUT2D eigenvalue weighted by atomic mass is 35.5. The third-order valence-corrected chi connectivity index (χ3v) is 3.77. The molecule has 0 bridgehead atoms. The van der Waals surface area contributed by atoms with Crippen molar-refractivity contribution in [2.24, 2.45) is 5.73 Å². The van der Waals surface area contributed by atoms with Gasteiger partial charge in [0.15, 0.2) is 0 Å². The SMILES string of the molecule is N#CCc1ccc(CSC(N)=[N+]=CCl)c2ccncc12. The average molecular weight is 304 g/mol. The Bertz CT molecular complexity index is 730. The van der Waals surface area contributed by atoms with E-state index in [9.17, 15) is 0 Å². The minimum absolute atomic E-state index is 0.375. The van der Waals surface area contributed by atoms with Gasteiger partial charge in [0.2, 0.25) is 0 Å². The number of aromatic nitrogens is 1. The fourth-order valence-corrected chi connectivity index (χ4v) is 2.76. The number of benzene rings is 1. The molecule has 6 heteroatoms. The highest BCUT2D eigenvalue weighted by Crippen LogP contribution is 2.25. The van der Waals surface area contributed by atoms with Gasteiger partial charge in [-0.3, -0.25) is 10.7 Å². The van der Waals surface area contributed by atoms with Crippen molar-refractivity contribution in [3.05, 3.63) is 41.7 Å². The molecule has 2 aromatic rings. The molecule has 0 saturated carbocycles. The van der Waals surface area contributed by atoms with E-state index in [-0.39, 0.29) is 0 Å². The van der Waals surface area contributed by atoms with E-state index >= 15 is 0 Å². The summed E-state index contributed by atoms with van der Waals surface area (Å²) >= 11 is 6.80. The Labute approximate surface area is 126 Å². The van der Waals surface area contributed by atoms with Crippen LogP contribution >= 0.6 is 23.4 Å². The Morgan fingerprint density at radius 1 is 1.40 bits per heavy atom. The second-order valence-corrected chi connectivity index (χ2v) is 5.18. The molecule has 0 radical (unpaired) electrons. The second-order valence-electron chi connectivity index (χ2n) is 3.99. The topological polar surface area (TPSA) is 76.8 Å². The number of fused-ring (bicyclic) bond motifs is 1. The van der Waals surface area contributed by atoms with Gasteiger partial charge in [0.25, 0.3) is 5.67 Å². The van der Waals surface area contributed by atoms with Crippen LogP contribution in [0, 0.1) is 11.3 Å². The van der Waals surface area contributed by atoms with E-state index in [1.54, 1.807) is 12.4 Å². The monoisotopic (exact) mass is 303 g/mol. The van der Waals surface area contributed by atoms with E-state index in [0.29, 0.717) is 17.3 Å². The molecule has 0 aliphatic carbocycles. The lowest BCUT2D eigenvalue weighted by atomic mass is 10.0. The summed E-state index contributed by atoms with van der Waals surface area (Å²) in [6.07, 6.45) is 3.91. The maximum absolute atomic E-state index is 8.86. The lowest BCUT2D eigenvalue weighted by Crippen LogP contribution is -2.10. The summed E-state index contributed by atoms with van der Waals surface area (Å²) in [6, 6.07) is 8.10. The molecule has 0 unspecified atom stereocenters. The van der Waals surface area contributed by atoms with Gasteiger partial charge in [0, 0.05) is 23.5 Å². The third-order valence-electron chi connectivity index (χ3n) is 2.82. The molecule has 1 aromatic heterocycles. The van der Waals surface area contributed by atoms with Crippen LogP contribution in [0.15, 0.2) is 30.6 Å². The summed E-state index contributed by atoms with van der Waals surface area (Å²) in [6.45, 7) is 0. The fourth-order valence-electron chi connectivity index (χ4n) is 1.91. The lowest BCUT2D eigenvalue weighted by molar-refractivity contribution is 1.26. The molecule has 1 heterocycles. The van der Waals surface area contributed by atoms with E-state index in [4.69, 9.17) is 22.6 Å². The molecule has 0 spiro atoms. The maximum Gasteiger partial charge on any atom is 0.403 e. The van der Waals surface area contributed by atoms with Crippen LogP contribution in [-0.4, -0.2) is 15.8 Å². The Balaban J connectivity index is 2.38. The van der Waals surface area contributed by atoms with Crippen molar-refractivity contribution in [1.82, 2.24) is 9.65 Å². The molecule has 0 amide bonds. The number of halogens is 1. The van der Waals surface area contributed by atoms with Crippen molar-refractivity contribution in [3.63, 3.8) is 0 Å². The normalized spacial score (nSPS) is 9.80. The Hall–Kier alpha value is -1.99. The van der Waals surface area contributed by atoms with Gasteiger partial charge < -0.3 is 0 Å². The Morgan fingerprint density at radius 2 is 2.20 bits per heavy atom. The maximum atomic E-state index is 8.86. The number of nitrogens with zero attached hydrogens (tertiary/aromatic N) is 3.